The molecule has 0 saturated carbocycles. The second-order valence-electron chi connectivity index (χ2n) is 5.11. The highest BCUT2D eigenvalue weighted by molar-refractivity contribution is 5.41. The molecule has 110 valence electrons. The largest absolute Gasteiger partial charge is 0.354 e. The molecule has 0 amide bonds. The number of anilines is 3. The summed E-state index contributed by atoms with van der Waals surface area (Å²) in [4.78, 5) is 18.1. The lowest BCUT2D eigenvalue weighted by Gasteiger charge is -2.19. The molecule has 0 aliphatic heterocycles. The van der Waals surface area contributed by atoms with E-state index >= 15 is 0 Å². The highest BCUT2D eigenvalue weighted by Gasteiger charge is 2.13. The summed E-state index contributed by atoms with van der Waals surface area (Å²) in [6.45, 7) is 8.96. The van der Waals surface area contributed by atoms with E-state index in [2.05, 4.69) is 43.9 Å². The molecule has 7 nitrogen and oxygen atoms in total. The minimum absolute atomic E-state index is 0.327. The first-order valence-electron chi connectivity index (χ1n) is 6.56. The van der Waals surface area contributed by atoms with E-state index in [0.29, 0.717) is 24.4 Å². The average molecular weight is 278 g/mol. The Labute approximate surface area is 119 Å². The molecule has 0 aromatic carbocycles. The Hall–Kier alpha value is -2.07. The molecule has 7 heteroatoms. The molecule has 0 unspecified atom stereocenters. The standard InChI is InChI=1S/C13H22N6O/c1-6-8-14-10-16-11(15-9-7-2)18-12(17-10)19-20-13(3,4)5/h1H,7-9H2,2-5H3,(H3,14,15,16,17,18,19). The van der Waals surface area contributed by atoms with Crippen molar-refractivity contribution in [2.45, 2.75) is 39.7 Å². The van der Waals surface area contributed by atoms with Crippen LogP contribution in [0.5, 0.6) is 0 Å². The lowest BCUT2D eigenvalue weighted by Crippen LogP contribution is -2.24. The maximum Gasteiger partial charge on any atom is 0.253 e. The first-order chi connectivity index (χ1) is 9.44. The number of hydrogen-bond acceptors (Lipinski definition) is 7. The molecule has 1 aromatic heterocycles. The fraction of sp³-hybridized carbons (Fsp3) is 0.615. The molecular weight excluding hydrogens is 256 g/mol. The molecule has 1 aromatic rings. The van der Waals surface area contributed by atoms with Crippen molar-refractivity contribution in [2.75, 3.05) is 29.2 Å². The summed E-state index contributed by atoms with van der Waals surface area (Å²) in [6, 6.07) is 0. The zero-order valence-corrected chi connectivity index (χ0v) is 12.4. The quantitative estimate of drug-likeness (QED) is 0.518. The predicted octanol–water partition coefficient (Wildman–Crippen LogP) is 1.88. The van der Waals surface area contributed by atoms with E-state index in [1.807, 2.05) is 20.8 Å². The highest BCUT2D eigenvalue weighted by atomic mass is 16.7. The van der Waals surface area contributed by atoms with Gasteiger partial charge in [0.1, 0.15) is 0 Å². The van der Waals surface area contributed by atoms with Crippen molar-refractivity contribution in [3.05, 3.63) is 0 Å². The maximum absolute atomic E-state index is 5.44. The van der Waals surface area contributed by atoms with Gasteiger partial charge in [0.25, 0.3) is 5.95 Å². The monoisotopic (exact) mass is 278 g/mol. The van der Waals surface area contributed by atoms with Gasteiger partial charge < -0.3 is 10.6 Å². The Bertz CT molecular complexity index is 463. The highest BCUT2D eigenvalue weighted by Crippen LogP contribution is 2.12. The van der Waals surface area contributed by atoms with Crippen LogP contribution < -0.4 is 16.1 Å². The van der Waals surface area contributed by atoms with Crippen LogP contribution in [0.2, 0.25) is 0 Å². The molecule has 1 rings (SSSR count). The van der Waals surface area contributed by atoms with Crippen LogP contribution >= 0.6 is 0 Å². The summed E-state index contributed by atoms with van der Waals surface area (Å²) in [7, 11) is 0. The molecule has 0 fully saturated rings. The summed E-state index contributed by atoms with van der Waals surface area (Å²) in [6.07, 6.45) is 6.18. The van der Waals surface area contributed by atoms with Crippen LogP contribution in [0.1, 0.15) is 34.1 Å². The van der Waals surface area contributed by atoms with Crippen LogP contribution in [0.3, 0.4) is 0 Å². The summed E-state index contributed by atoms with van der Waals surface area (Å²) in [5.74, 6) is 3.67. The topological polar surface area (TPSA) is 84.0 Å². The number of nitrogens with one attached hydrogen (secondary N) is 3. The van der Waals surface area contributed by atoms with Crippen molar-refractivity contribution in [1.82, 2.24) is 15.0 Å². The zero-order valence-electron chi connectivity index (χ0n) is 12.4. The van der Waals surface area contributed by atoms with E-state index in [9.17, 15) is 0 Å². The molecule has 3 N–H and O–H groups in total. The number of nitrogens with zero attached hydrogens (tertiary/aromatic N) is 3. The van der Waals surface area contributed by atoms with Crippen LogP contribution in [-0.2, 0) is 4.84 Å². The van der Waals surface area contributed by atoms with Gasteiger partial charge >= 0.3 is 0 Å². The summed E-state index contributed by atoms with van der Waals surface area (Å²) in [5.41, 5.74) is 2.37. The predicted molar refractivity (Wildman–Crippen MR) is 80.4 cm³/mol. The Morgan fingerprint density at radius 1 is 1.10 bits per heavy atom. The van der Waals surface area contributed by atoms with Crippen LogP contribution in [0, 0.1) is 12.3 Å². The summed E-state index contributed by atoms with van der Waals surface area (Å²) < 4.78 is 0. The van der Waals surface area contributed by atoms with Crippen LogP contribution in [-0.4, -0.2) is 33.6 Å². The van der Waals surface area contributed by atoms with E-state index in [0.717, 1.165) is 13.0 Å². The third-order valence-corrected chi connectivity index (χ3v) is 1.97. The van der Waals surface area contributed by atoms with Gasteiger partial charge in [-0.1, -0.05) is 12.8 Å². The second kappa shape index (κ2) is 7.50. The first kappa shape index (κ1) is 16.0. The first-order valence-corrected chi connectivity index (χ1v) is 6.56. The fourth-order valence-electron chi connectivity index (χ4n) is 1.15. The maximum atomic E-state index is 5.44. The van der Waals surface area contributed by atoms with Crippen molar-refractivity contribution in [3.63, 3.8) is 0 Å². The van der Waals surface area contributed by atoms with Crippen LogP contribution in [0.15, 0.2) is 0 Å². The fourth-order valence-corrected chi connectivity index (χ4v) is 1.15. The van der Waals surface area contributed by atoms with Gasteiger partial charge in [-0.25, -0.2) is 5.48 Å². The van der Waals surface area contributed by atoms with Gasteiger partial charge in [-0.2, -0.15) is 15.0 Å². The van der Waals surface area contributed by atoms with Crippen molar-refractivity contribution in [2.24, 2.45) is 0 Å². The lowest BCUT2D eigenvalue weighted by molar-refractivity contribution is 0.0359. The second-order valence-corrected chi connectivity index (χ2v) is 5.11. The Kier molecular flexibility index (Phi) is 6.00. The number of terminal acetylenes is 1. The van der Waals surface area contributed by atoms with Gasteiger partial charge in [-0.05, 0) is 27.2 Å². The van der Waals surface area contributed by atoms with Gasteiger partial charge in [0.05, 0.1) is 12.1 Å². The minimum Gasteiger partial charge on any atom is -0.354 e. The molecule has 0 saturated heterocycles. The number of hydrogen-bond donors (Lipinski definition) is 3. The smallest absolute Gasteiger partial charge is 0.253 e. The lowest BCUT2D eigenvalue weighted by atomic mass is 10.2. The van der Waals surface area contributed by atoms with E-state index in [1.54, 1.807) is 0 Å². The molecule has 0 aliphatic rings. The molecule has 0 bridgehead atoms. The van der Waals surface area contributed by atoms with Crippen molar-refractivity contribution in [1.29, 1.82) is 0 Å². The molecule has 0 aliphatic carbocycles. The molecule has 0 atom stereocenters. The summed E-state index contributed by atoms with van der Waals surface area (Å²) in [5, 5.41) is 6.01. The molecule has 20 heavy (non-hydrogen) atoms. The zero-order chi connectivity index (χ0) is 15.0. The van der Waals surface area contributed by atoms with Gasteiger partial charge in [0.15, 0.2) is 0 Å². The molecular formula is C13H22N6O. The molecule has 0 radical (unpaired) electrons. The van der Waals surface area contributed by atoms with E-state index in [4.69, 9.17) is 11.3 Å². The Morgan fingerprint density at radius 2 is 1.70 bits per heavy atom. The van der Waals surface area contributed by atoms with Crippen molar-refractivity contribution in [3.8, 4) is 12.3 Å². The average Bonchev–Trinajstić information content (AvgIpc) is 2.40. The minimum atomic E-state index is -0.351. The third-order valence-electron chi connectivity index (χ3n) is 1.97. The van der Waals surface area contributed by atoms with Gasteiger partial charge in [-0.3, -0.25) is 4.84 Å². The van der Waals surface area contributed by atoms with Crippen LogP contribution in [0.4, 0.5) is 17.8 Å². The molecule has 1 heterocycles. The van der Waals surface area contributed by atoms with Gasteiger partial charge in [0, 0.05) is 6.54 Å². The summed E-state index contributed by atoms with van der Waals surface area (Å²) >= 11 is 0. The third kappa shape index (κ3) is 6.20. The number of rotatable bonds is 7. The number of aromatic nitrogens is 3. The molecule has 0 spiro atoms. The van der Waals surface area contributed by atoms with E-state index < -0.39 is 0 Å². The van der Waals surface area contributed by atoms with Crippen LogP contribution in [0.25, 0.3) is 0 Å². The van der Waals surface area contributed by atoms with E-state index in [-0.39, 0.29) is 5.60 Å². The van der Waals surface area contributed by atoms with Crippen molar-refractivity contribution >= 4 is 17.8 Å². The van der Waals surface area contributed by atoms with Crippen molar-refractivity contribution < 1.29 is 4.84 Å². The normalized spacial score (nSPS) is 10.8. The van der Waals surface area contributed by atoms with E-state index in [1.165, 1.54) is 0 Å². The SMILES string of the molecule is C#CCNc1nc(NCCC)nc(NOC(C)(C)C)n1. The Morgan fingerprint density at radius 3 is 2.25 bits per heavy atom. The van der Waals surface area contributed by atoms with Gasteiger partial charge in [0.2, 0.25) is 11.9 Å². The Balaban J connectivity index is 2.82. The van der Waals surface area contributed by atoms with Gasteiger partial charge in [-0.15, -0.1) is 6.42 Å².